The van der Waals surface area contributed by atoms with E-state index in [1.807, 2.05) is 54.6 Å². The lowest BCUT2D eigenvalue weighted by Crippen LogP contribution is -2.29. The maximum Gasteiger partial charge on any atom is 0.293 e. The monoisotopic (exact) mass is 543 g/mol. The third kappa shape index (κ3) is 5.72. The van der Waals surface area contributed by atoms with Crippen LogP contribution in [0.5, 0.6) is 11.5 Å². The van der Waals surface area contributed by atoms with Crippen LogP contribution >= 0.6 is 23.4 Å². The Hall–Kier alpha value is -3.74. The maximum atomic E-state index is 13.0. The molecule has 7 heteroatoms. The van der Waals surface area contributed by atoms with Crippen LogP contribution in [0.15, 0.2) is 89.8 Å². The number of aryl methyl sites for hydroxylation is 1. The summed E-state index contributed by atoms with van der Waals surface area (Å²) in [6, 6.07) is 27.7. The highest BCUT2D eigenvalue weighted by atomic mass is 35.5. The van der Waals surface area contributed by atoms with Crippen LogP contribution in [-0.2, 0) is 17.8 Å². The van der Waals surface area contributed by atoms with E-state index in [-0.39, 0.29) is 11.1 Å². The van der Waals surface area contributed by atoms with Crippen LogP contribution < -0.4 is 9.47 Å². The number of carbonyl (C=O) groups excluding carboxylic acids is 2. The highest BCUT2D eigenvalue weighted by Gasteiger charge is 2.34. The number of methoxy groups -OCH3 is 1. The second-order valence-electron chi connectivity index (χ2n) is 8.88. The van der Waals surface area contributed by atoms with Crippen molar-refractivity contribution in [3.05, 3.63) is 112 Å². The largest absolute Gasteiger partial charge is 0.493 e. The fraction of sp³-hybridized carbons (Fsp3) is 0.161. The Bertz CT molecular complexity index is 1510. The Kier molecular flexibility index (Phi) is 8.01. The maximum absolute atomic E-state index is 13.0. The fourth-order valence-electron chi connectivity index (χ4n) is 4.46. The number of hydrogen-bond acceptors (Lipinski definition) is 5. The van der Waals surface area contributed by atoms with Crippen molar-refractivity contribution in [3.8, 4) is 11.5 Å². The van der Waals surface area contributed by atoms with Crippen LogP contribution in [0.1, 0.15) is 23.1 Å². The first-order chi connectivity index (χ1) is 18.5. The summed E-state index contributed by atoms with van der Waals surface area (Å²) in [7, 11) is 1.54. The lowest BCUT2D eigenvalue weighted by atomic mass is 10.1. The standard InChI is InChI=1S/C31H26ClNO4S/c1-36-27-18-22(17-26(32)29(27)37-20-24-14-7-13-23-12-5-6-15-25(23)24)19-28-30(34)33(31(35)38-28)16-8-11-21-9-3-2-4-10-21/h2-7,9-10,12-15,17-19H,8,11,16,20H2,1H3/b28-19+. The summed E-state index contributed by atoms with van der Waals surface area (Å²) in [5.74, 6) is 0.582. The average Bonchev–Trinajstić information content (AvgIpc) is 3.20. The van der Waals surface area contributed by atoms with Crippen molar-refractivity contribution in [1.82, 2.24) is 4.90 Å². The molecule has 1 saturated heterocycles. The predicted molar refractivity (Wildman–Crippen MR) is 154 cm³/mol. The number of carbonyl (C=O) groups is 2. The van der Waals surface area contributed by atoms with Crippen LogP contribution in [0.3, 0.4) is 0 Å². The Morgan fingerprint density at radius 1 is 0.947 bits per heavy atom. The van der Waals surface area contributed by atoms with Crippen molar-refractivity contribution in [3.63, 3.8) is 0 Å². The van der Waals surface area contributed by atoms with Crippen molar-refractivity contribution < 1.29 is 19.1 Å². The number of fused-ring (bicyclic) bond motifs is 1. The number of halogens is 1. The second-order valence-corrected chi connectivity index (χ2v) is 10.3. The molecular formula is C31H26ClNO4S. The first-order valence-corrected chi connectivity index (χ1v) is 13.5. The molecule has 4 aromatic carbocycles. The second kappa shape index (κ2) is 11.8. The number of thioether (sulfide) groups is 1. The third-order valence-corrected chi connectivity index (χ3v) is 7.55. The molecule has 0 N–H and O–H groups in total. The van der Waals surface area contributed by atoms with Crippen molar-refractivity contribution in [2.24, 2.45) is 0 Å². The SMILES string of the molecule is COc1cc(/C=C2/SC(=O)N(CCCc3ccccc3)C2=O)cc(Cl)c1OCc1cccc2ccccc12. The summed E-state index contributed by atoms with van der Waals surface area (Å²) in [4.78, 5) is 27.2. The summed E-state index contributed by atoms with van der Waals surface area (Å²) in [5, 5.41) is 2.34. The fourth-order valence-corrected chi connectivity index (χ4v) is 5.60. The zero-order chi connectivity index (χ0) is 26.5. The average molecular weight is 544 g/mol. The molecule has 0 spiro atoms. The first kappa shape index (κ1) is 25.9. The van der Waals surface area contributed by atoms with Gasteiger partial charge in [0, 0.05) is 6.54 Å². The van der Waals surface area contributed by atoms with Crippen LogP contribution in [0, 0.1) is 0 Å². The Labute approximate surface area is 231 Å². The third-order valence-electron chi connectivity index (χ3n) is 6.37. The van der Waals surface area contributed by atoms with Crippen molar-refractivity contribution in [2.45, 2.75) is 19.4 Å². The molecule has 0 aromatic heterocycles. The molecule has 1 aliphatic rings. The highest BCUT2D eigenvalue weighted by molar-refractivity contribution is 8.18. The summed E-state index contributed by atoms with van der Waals surface area (Å²) in [6.07, 6.45) is 3.18. The van der Waals surface area contributed by atoms with Gasteiger partial charge in [-0.2, -0.15) is 0 Å². The molecule has 5 rings (SSSR count). The zero-order valence-corrected chi connectivity index (χ0v) is 22.4. The molecule has 0 bridgehead atoms. The summed E-state index contributed by atoms with van der Waals surface area (Å²) < 4.78 is 11.7. The van der Waals surface area contributed by atoms with Crippen molar-refractivity contribution in [1.29, 1.82) is 0 Å². The number of rotatable bonds is 9. The molecule has 38 heavy (non-hydrogen) atoms. The topological polar surface area (TPSA) is 55.8 Å². The van der Waals surface area contributed by atoms with Gasteiger partial charge >= 0.3 is 0 Å². The number of nitrogens with zero attached hydrogens (tertiary/aromatic N) is 1. The van der Waals surface area contributed by atoms with E-state index < -0.39 is 0 Å². The normalized spacial score (nSPS) is 14.5. The van der Waals surface area contributed by atoms with E-state index in [0.29, 0.717) is 46.6 Å². The Balaban J connectivity index is 1.29. The summed E-state index contributed by atoms with van der Waals surface area (Å²) in [6.45, 7) is 0.695. The van der Waals surface area contributed by atoms with Gasteiger partial charge < -0.3 is 9.47 Å². The number of imide groups is 1. The molecule has 0 saturated carbocycles. The van der Waals surface area contributed by atoms with Gasteiger partial charge in [-0.25, -0.2) is 0 Å². The molecule has 1 fully saturated rings. The quantitative estimate of drug-likeness (QED) is 0.202. The Morgan fingerprint density at radius 2 is 1.71 bits per heavy atom. The number of benzene rings is 4. The Morgan fingerprint density at radius 3 is 2.53 bits per heavy atom. The van der Waals surface area contributed by atoms with E-state index in [1.54, 1.807) is 25.3 Å². The van der Waals surface area contributed by atoms with E-state index in [1.165, 1.54) is 10.5 Å². The molecule has 0 unspecified atom stereocenters. The van der Waals surface area contributed by atoms with Gasteiger partial charge in [-0.3, -0.25) is 14.5 Å². The van der Waals surface area contributed by atoms with Gasteiger partial charge in [0.15, 0.2) is 11.5 Å². The molecule has 5 nitrogen and oxygen atoms in total. The van der Waals surface area contributed by atoms with Gasteiger partial charge in [0.25, 0.3) is 11.1 Å². The molecule has 192 valence electrons. The highest BCUT2D eigenvalue weighted by Crippen LogP contribution is 2.39. The van der Waals surface area contributed by atoms with Gasteiger partial charge in [-0.05, 0) is 70.3 Å². The first-order valence-electron chi connectivity index (χ1n) is 12.3. The van der Waals surface area contributed by atoms with E-state index in [4.69, 9.17) is 21.1 Å². The van der Waals surface area contributed by atoms with Crippen molar-refractivity contribution in [2.75, 3.05) is 13.7 Å². The number of amides is 2. The summed E-state index contributed by atoms with van der Waals surface area (Å²) >= 11 is 7.54. The van der Waals surface area contributed by atoms with E-state index in [2.05, 4.69) is 18.2 Å². The smallest absolute Gasteiger partial charge is 0.293 e. The zero-order valence-electron chi connectivity index (χ0n) is 20.9. The molecular weight excluding hydrogens is 518 g/mol. The van der Waals surface area contributed by atoms with Gasteiger partial charge in [-0.15, -0.1) is 0 Å². The van der Waals surface area contributed by atoms with Crippen LogP contribution in [0.4, 0.5) is 4.79 Å². The van der Waals surface area contributed by atoms with Gasteiger partial charge in [-0.1, -0.05) is 84.4 Å². The van der Waals surface area contributed by atoms with Gasteiger partial charge in [0.05, 0.1) is 17.0 Å². The minimum absolute atomic E-state index is 0.262. The van der Waals surface area contributed by atoms with Crippen LogP contribution in [0.25, 0.3) is 16.8 Å². The van der Waals surface area contributed by atoms with Crippen LogP contribution in [0.2, 0.25) is 5.02 Å². The number of hydrogen-bond donors (Lipinski definition) is 0. The van der Waals surface area contributed by atoms with Gasteiger partial charge in [0.1, 0.15) is 6.61 Å². The predicted octanol–water partition coefficient (Wildman–Crippen LogP) is 7.75. The molecule has 1 heterocycles. The molecule has 0 aliphatic carbocycles. The molecule has 4 aromatic rings. The lowest BCUT2D eigenvalue weighted by Gasteiger charge is -2.15. The molecule has 2 amide bonds. The van der Waals surface area contributed by atoms with E-state index in [0.717, 1.165) is 34.5 Å². The van der Waals surface area contributed by atoms with E-state index >= 15 is 0 Å². The minimum Gasteiger partial charge on any atom is -0.493 e. The van der Waals surface area contributed by atoms with E-state index in [9.17, 15) is 9.59 Å². The molecule has 1 aliphatic heterocycles. The minimum atomic E-state index is -0.292. The lowest BCUT2D eigenvalue weighted by molar-refractivity contribution is -0.122. The van der Waals surface area contributed by atoms with Crippen molar-refractivity contribution >= 4 is 51.4 Å². The molecule has 0 radical (unpaired) electrons. The summed E-state index contributed by atoms with van der Waals surface area (Å²) in [5.41, 5.74) is 2.87. The number of ether oxygens (including phenoxy) is 2. The van der Waals surface area contributed by atoms with Crippen LogP contribution in [-0.4, -0.2) is 29.7 Å². The molecule has 0 atom stereocenters. The van der Waals surface area contributed by atoms with Gasteiger partial charge in [0.2, 0.25) is 0 Å².